The van der Waals surface area contributed by atoms with Crippen molar-refractivity contribution in [2.75, 3.05) is 17.2 Å². The van der Waals surface area contributed by atoms with Crippen LogP contribution < -0.4 is 10.6 Å². The number of hydrogen-bond acceptors (Lipinski definition) is 4. The zero-order valence-corrected chi connectivity index (χ0v) is 14.4. The molecule has 0 bridgehead atoms. The van der Waals surface area contributed by atoms with Gasteiger partial charge in [-0.3, -0.25) is 10.1 Å². The van der Waals surface area contributed by atoms with Crippen LogP contribution in [-0.2, 0) is 16.0 Å². The third-order valence-electron chi connectivity index (χ3n) is 4.24. The van der Waals surface area contributed by atoms with E-state index in [9.17, 15) is 22.8 Å². The maximum Gasteiger partial charge on any atom is 0.427 e. The Kier molecular flexibility index (Phi) is 5.68. The summed E-state index contributed by atoms with van der Waals surface area (Å²) >= 11 is 0. The number of hydrogen-bond donors (Lipinski definition) is 3. The number of rotatable bonds is 5. The molecule has 1 aliphatic rings. The minimum absolute atomic E-state index is 0.0994. The Hall–Kier alpha value is -2.45. The monoisotopic (exact) mass is 374 g/mol. The molecule has 144 valence electrons. The van der Waals surface area contributed by atoms with E-state index in [1.807, 2.05) is 0 Å². The van der Waals surface area contributed by atoms with Gasteiger partial charge in [0.25, 0.3) is 0 Å². The molecule has 1 heterocycles. The van der Waals surface area contributed by atoms with E-state index in [1.54, 1.807) is 18.2 Å². The predicted molar refractivity (Wildman–Crippen MR) is 89.2 cm³/mol. The molecular weight excluding hydrogens is 353 g/mol. The average Bonchev–Trinajstić information content (AvgIpc) is 2.51. The number of anilines is 2. The lowest BCUT2D eigenvalue weighted by Crippen LogP contribution is -2.44. The summed E-state index contributed by atoms with van der Waals surface area (Å²) in [5.41, 5.74) is -0.574. The van der Waals surface area contributed by atoms with Gasteiger partial charge in [-0.1, -0.05) is 6.07 Å². The zero-order valence-electron chi connectivity index (χ0n) is 14.4. The number of aliphatic carboxylic acids is 1. The molecule has 1 aromatic carbocycles. The normalized spacial score (nSPS) is 17.0. The van der Waals surface area contributed by atoms with Gasteiger partial charge in [0.05, 0.1) is 0 Å². The fourth-order valence-electron chi connectivity index (χ4n) is 2.60. The highest BCUT2D eigenvalue weighted by Gasteiger charge is 2.50. The Morgan fingerprint density at radius 2 is 2.04 bits per heavy atom. The van der Waals surface area contributed by atoms with Gasteiger partial charge in [0.15, 0.2) is 0 Å². The number of carbonyl (C=O) groups is 2. The number of carboxylic acid groups (broad SMARTS) is 1. The van der Waals surface area contributed by atoms with Crippen LogP contribution in [0.3, 0.4) is 0 Å². The maximum absolute atomic E-state index is 12.8. The van der Waals surface area contributed by atoms with Crippen molar-refractivity contribution in [2.24, 2.45) is 5.92 Å². The fraction of sp³-hybridized carbons (Fsp3) is 0.529. The van der Waals surface area contributed by atoms with Gasteiger partial charge in [-0.15, -0.1) is 0 Å². The summed E-state index contributed by atoms with van der Waals surface area (Å²) in [5.74, 6) is -0.648. The molecule has 1 atom stereocenters. The molecule has 0 radical (unpaired) electrons. The highest BCUT2D eigenvalue weighted by molar-refractivity contribution is 5.86. The molecule has 3 N–H and O–H groups in total. The topological polar surface area (TPSA) is 87.7 Å². The van der Waals surface area contributed by atoms with Crippen LogP contribution in [0.4, 0.5) is 29.3 Å². The number of nitrogens with one attached hydrogen (secondary N) is 2. The number of benzene rings is 1. The highest BCUT2D eigenvalue weighted by atomic mass is 19.4. The van der Waals surface area contributed by atoms with Crippen molar-refractivity contribution < 1.29 is 32.6 Å². The number of fused-ring (bicyclic) bond motifs is 1. The van der Waals surface area contributed by atoms with Gasteiger partial charge in [0, 0.05) is 24.3 Å². The second-order valence-electron chi connectivity index (χ2n) is 6.78. The van der Waals surface area contributed by atoms with E-state index < -0.39 is 23.8 Å². The SMILES string of the molecule is CC(C)(OC(=O)Nc1ccc2c(c1)NC[C@H](CCC(=O)O)C2)C(F)(F)F. The summed E-state index contributed by atoms with van der Waals surface area (Å²) in [6, 6.07) is 4.94. The molecule has 0 aliphatic carbocycles. The van der Waals surface area contributed by atoms with Gasteiger partial charge in [-0.2, -0.15) is 13.2 Å². The van der Waals surface area contributed by atoms with Crippen LogP contribution in [0, 0.1) is 5.92 Å². The molecule has 0 saturated heterocycles. The van der Waals surface area contributed by atoms with Crippen molar-refractivity contribution >= 4 is 23.4 Å². The molecular formula is C17H21F3N2O4. The molecule has 9 heteroatoms. The molecule has 1 aromatic rings. The Morgan fingerprint density at radius 3 is 2.65 bits per heavy atom. The molecule has 0 aromatic heterocycles. The second-order valence-corrected chi connectivity index (χ2v) is 6.78. The Bertz CT molecular complexity index is 689. The molecule has 1 aliphatic heterocycles. The van der Waals surface area contributed by atoms with Crippen LogP contribution in [0.1, 0.15) is 32.3 Å². The predicted octanol–water partition coefficient (Wildman–Crippen LogP) is 4.03. The minimum atomic E-state index is -4.67. The van der Waals surface area contributed by atoms with Crippen LogP contribution in [0.25, 0.3) is 0 Å². The summed E-state index contributed by atoms with van der Waals surface area (Å²) < 4.78 is 42.7. The number of carbonyl (C=O) groups excluding carboxylic acids is 1. The summed E-state index contributed by atoms with van der Waals surface area (Å²) in [7, 11) is 0. The molecule has 0 unspecified atom stereocenters. The first-order valence-corrected chi connectivity index (χ1v) is 8.13. The smallest absolute Gasteiger partial charge is 0.427 e. The standard InChI is InChI=1S/C17H21F3N2O4/c1-16(2,17(18,19)20)26-15(25)22-12-5-4-11-7-10(3-6-14(23)24)9-21-13(11)8-12/h4-5,8,10,21H,3,6-7,9H2,1-2H3,(H,22,25)(H,23,24)/t10-/m1/s1. The van der Waals surface area contributed by atoms with E-state index in [0.29, 0.717) is 25.1 Å². The van der Waals surface area contributed by atoms with Crippen molar-refractivity contribution in [1.29, 1.82) is 0 Å². The second kappa shape index (κ2) is 7.43. The number of amides is 1. The average molecular weight is 374 g/mol. The maximum atomic E-state index is 12.8. The molecule has 26 heavy (non-hydrogen) atoms. The van der Waals surface area contributed by atoms with E-state index in [1.165, 1.54) is 0 Å². The van der Waals surface area contributed by atoms with Gasteiger partial charge < -0.3 is 15.2 Å². The van der Waals surface area contributed by atoms with Gasteiger partial charge >= 0.3 is 18.2 Å². The summed E-state index contributed by atoms with van der Waals surface area (Å²) in [5, 5.41) is 14.2. The van der Waals surface area contributed by atoms with Gasteiger partial charge in [0.1, 0.15) is 0 Å². The van der Waals surface area contributed by atoms with Crippen LogP contribution >= 0.6 is 0 Å². The first-order valence-electron chi connectivity index (χ1n) is 8.13. The van der Waals surface area contributed by atoms with Crippen molar-refractivity contribution in [3.63, 3.8) is 0 Å². The summed E-state index contributed by atoms with van der Waals surface area (Å²) in [6.07, 6.45) is -4.51. The first kappa shape index (κ1) is 19.9. The number of carboxylic acids is 1. The van der Waals surface area contributed by atoms with E-state index in [-0.39, 0.29) is 12.3 Å². The number of alkyl halides is 3. The Labute approximate surface area is 148 Å². The van der Waals surface area contributed by atoms with Crippen molar-refractivity contribution in [2.45, 2.75) is 44.9 Å². The number of ether oxygens (including phenoxy) is 1. The lowest BCUT2D eigenvalue weighted by Gasteiger charge is -2.28. The first-order chi connectivity index (χ1) is 12.0. The largest absolute Gasteiger partial charge is 0.481 e. The summed E-state index contributed by atoms with van der Waals surface area (Å²) in [4.78, 5) is 22.4. The van der Waals surface area contributed by atoms with Crippen LogP contribution in [-0.4, -0.2) is 35.5 Å². The zero-order chi connectivity index (χ0) is 19.5. The van der Waals surface area contributed by atoms with Crippen LogP contribution in [0.2, 0.25) is 0 Å². The van der Waals surface area contributed by atoms with Crippen LogP contribution in [0.15, 0.2) is 18.2 Å². The lowest BCUT2D eigenvalue weighted by atomic mass is 9.90. The third-order valence-corrected chi connectivity index (χ3v) is 4.24. The van der Waals surface area contributed by atoms with E-state index in [0.717, 1.165) is 25.1 Å². The fourth-order valence-corrected chi connectivity index (χ4v) is 2.60. The van der Waals surface area contributed by atoms with Gasteiger partial charge in [0.2, 0.25) is 5.60 Å². The lowest BCUT2D eigenvalue weighted by molar-refractivity contribution is -0.242. The van der Waals surface area contributed by atoms with E-state index in [2.05, 4.69) is 15.4 Å². The molecule has 6 nitrogen and oxygen atoms in total. The Balaban J connectivity index is 1.97. The third kappa shape index (κ3) is 5.03. The van der Waals surface area contributed by atoms with Gasteiger partial charge in [-0.05, 0) is 50.3 Å². The van der Waals surface area contributed by atoms with E-state index >= 15 is 0 Å². The molecule has 0 saturated carbocycles. The minimum Gasteiger partial charge on any atom is -0.481 e. The van der Waals surface area contributed by atoms with Crippen molar-refractivity contribution in [3.05, 3.63) is 23.8 Å². The summed E-state index contributed by atoms with van der Waals surface area (Å²) in [6.45, 7) is 2.14. The van der Waals surface area contributed by atoms with Gasteiger partial charge in [-0.25, -0.2) is 4.79 Å². The number of halogens is 3. The van der Waals surface area contributed by atoms with Crippen molar-refractivity contribution in [3.8, 4) is 0 Å². The molecule has 1 amide bonds. The quantitative estimate of drug-likeness (QED) is 0.724. The van der Waals surface area contributed by atoms with Crippen LogP contribution in [0.5, 0.6) is 0 Å². The highest BCUT2D eigenvalue weighted by Crippen LogP contribution is 2.34. The Morgan fingerprint density at radius 1 is 1.35 bits per heavy atom. The molecule has 2 rings (SSSR count). The van der Waals surface area contributed by atoms with Crippen molar-refractivity contribution in [1.82, 2.24) is 0 Å². The molecule has 0 fully saturated rings. The van der Waals surface area contributed by atoms with E-state index in [4.69, 9.17) is 5.11 Å². The molecule has 0 spiro atoms.